The first-order valence-corrected chi connectivity index (χ1v) is 7.99. The number of alkyl halides is 1. The number of ether oxygens (including phenoxy) is 1. The lowest BCUT2D eigenvalue weighted by Crippen LogP contribution is -2.51. The van der Waals surface area contributed by atoms with Gasteiger partial charge in [0.2, 0.25) is 0 Å². The molecule has 0 atom stereocenters. The summed E-state index contributed by atoms with van der Waals surface area (Å²) in [5.41, 5.74) is -0.988. The molecular formula is C16H31FO. The van der Waals surface area contributed by atoms with E-state index in [0.717, 1.165) is 12.8 Å². The van der Waals surface area contributed by atoms with E-state index in [1.807, 2.05) is 0 Å². The van der Waals surface area contributed by atoms with Crippen LogP contribution in [0, 0.1) is 5.92 Å². The van der Waals surface area contributed by atoms with E-state index in [1.54, 1.807) is 0 Å². The first-order chi connectivity index (χ1) is 8.73. The van der Waals surface area contributed by atoms with Crippen molar-refractivity contribution in [2.45, 2.75) is 83.7 Å². The molecule has 1 aliphatic rings. The van der Waals surface area contributed by atoms with Crippen molar-refractivity contribution in [1.29, 1.82) is 0 Å². The number of unbranched alkanes of at least 4 members (excludes halogenated alkanes) is 6. The van der Waals surface area contributed by atoms with Crippen LogP contribution in [0.1, 0.15) is 78.1 Å². The van der Waals surface area contributed by atoms with Crippen LogP contribution in [0.15, 0.2) is 0 Å². The van der Waals surface area contributed by atoms with Crippen molar-refractivity contribution in [2.24, 2.45) is 5.92 Å². The third kappa shape index (κ3) is 5.26. The van der Waals surface area contributed by atoms with Crippen molar-refractivity contribution in [1.82, 2.24) is 0 Å². The number of rotatable bonds is 11. The lowest BCUT2D eigenvalue weighted by molar-refractivity contribution is -0.163. The SMILES string of the molecule is CCCCCCC(CCCCCC)C1(F)COC1. The molecule has 0 amide bonds. The number of halogens is 1. The molecule has 0 radical (unpaired) electrons. The minimum absolute atomic E-state index is 0.250. The van der Waals surface area contributed by atoms with Gasteiger partial charge in [-0.1, -0.05) is 65.2 Å². The second-order valence-corrected chi connectivity index (χ2v) is 5.92. The van der Waals surface area contributed by atoms with Gasteiger partial charge in [-0.05, 0) is 18.8 Å². The van der Waals surface area contributed by atoms with Gasteiger partial charge in [0.05, 0.1) is 13.2 Å². The molecule has 2 heteroatoms. The zero-order valence-electron chi connectivity index (χ0n) is 12.3. The van der Waals surface area contributed by atoms with Gasteiger partial charge in [0.15, 0.2) is 5.67 Å². The fourth-order valence-corrected chi connectivity index (χ4v) is 2.83. The van der Waals surface area contributed by atoms with Gasteiger partial charge in [-0.3, -0.25) is 0 Å². The van der Waals surface area contributed by atoms with Gasteiger partial charge in [-0.2, -0.15) is 0 Å². The Morgan fingerprint density at radius 2 is 1.39 bits per heavy atom. The van der Waals surface area contributed by atoms with Gasteiger partial charge in [-0.15, -0.1) is 0 Å². The van der Waals surface area contributed by atoms with E-state index < -0.39 is 5.67 Å². The summed E-state index contributed by atoms with van der Waals surface area (Å²) in [6.07, 6.45) is 12.1. The minimum atomic E-state index is -0.988. The van der Waals surface area contributed by atoms with Gasteiger partial charge < -0.3 is 4.74 Å². The topological polar surface area (TPSA) is 9.23 Å². The summed E-state index contributed by atoms with van der Waals surface area (Å²) in [7, 11) is 0. The molecule has 0 bridgehead atoms. The van der Waals surface area contributed by atoms with Crippen LogP contribution in [0.2, 0.25) is 0 Å². The second kappa shape index (κ2) is 8.90. The maximum absolute atomic E-state index is 14.5. The molecule has 1 saturated heterocycles. The van der Waals surface area contributed by atoms with E-state index in [0.29, 0.717) is 13.2 Å². The van der Waals surface area contributed by atoms with E-state index >= 15 is 0 Å². The van der Waals surface area contributed by atoms with Gasteiger partial charge in [0.1, 0.15) is 0 Å². The Labute approximate surface area is 112 Å². The molecule has 0 aromatic carbocycles. The molecule has 108 valence electrons. The van der Waals surface area contributed by atoms with Crippen molar-refractivity contribution >= 4 is 0 Å². The van der Waals surface area contributed by atoms with Gasteiger partial charge in [0.25, 0.3) is 0 Å². The molecule has 0 saturated carbocycles. The smallest absolute Gasteiger partial charge is 0.160 e. The molecule has 1 heterocycles. The monoisotopic (exact) mass is 258 g/mol. The molecule has 1 nitrogen and oxygen atoms in total. The van der Waals surface area contributed by atoms with E-state index in [4.69, 9.17) is 4.74 Å². The van der Waals surface area contributed by atoms with Crippen molar-refractivity contribution in [3.63, 3.8) is 0 Å². The van der Waals surface area contributed by atoms with E-state index in [9.17, 15) is 4.39 Å². The van der Waals surface area contributed by atoms with Crippen molar-refractivity contribution in [2.75, 3.05) is 13.2 Å². The highest BCUT2D eigenvalue weighted by molar-refractivity contribution is 4.92. The first kappa shape index (κ1) is 15.9. The predicted octanol–water partition coefficient (Wildman–Crippen LogP) is 5.28. The average Bonchev–Trinajstić information content (AvgIpc) is 2.34. The molecule has 1 aliphatic heterocycles. The van der Waals surface area contributed by atoms with Gasteiger partial charge >= 0.3 is 0 Å². The molecule has 0 N–H and O–H groups in total. The highest BCUT2D eigenvalue weighted by atomic mass is 19.1. The Morgan fingerprint density at radius 1 is 0.889 bits per heavy atom. The molecule has 1 fully saturated rings. The van der Waals surface area contributed by atoms with Gasteiger partial charge in [-0.25, -0.2) is 4.39 Å². The minimum Gasteiger partial charge on any atom is -0.375 e. The Hall–Kier alpha value is -0.110. The summed E-state index contributed by atoms with van der Waals surface area (Å²) in [6, 6.07) is 0. The molecule has 18 heavy (non-hydrogen) atoms. The Bertz CT molecular complexity index is 189. The molecule has 0 aromatic rings. The third-order valence-corrected chi connectivity index (χ3v) is 4.23. The lowest BCUT2D eigenvalue weighted by Gasteiger charge is -2.40. The highest BCUT2D eigenvalue weighted by Crippen LogP contribution is 2.37. The number of hydrogen-bond acceptors (Lipinski definition) is 1. The highest BCUT2D eigenvalue weighted by Gasteiger charge is 2.45. The molecule has 0 spiro atoms. The summed E-state index contributed by atoms with van der Waals surface area (Å²) in [5, 5.41) is 0. The largest absolute Gasteiger partial charge is 0.375 e. The van der Waals surface area contributed by atoms with Crippen LogP contribution in [0.25, 0.3) is 0 Å². The summed E-state index contributed by atoms with van der Waals surface area (Å²) in [4.78, 5) is 0. The zero-order chi connectivity index (χ0) is 13.3. The zero-order valence-corrected chi connectivity index (χ0v) is 12.3. The van der Waals surface area contributed by atoms with Crippen LogP contribution in [0.3, 0.4) is 0 Å². The Kier molecular flexibility index (Phi) is 7.88. The van der Waals surface area contributed by atoms with Crippen LogP contribution in [-0.4, -0.2) is 18.9 Å². The van der Waals surface area contributed by atoms with Crippen molar-refractivity contribution in [3.8, 4) is 0 Å². The quantitative estimate of drug-likeness (QED) is 0.458. The maximum atomic E-state index is 14.5. The van der Waals surface area contributed by atoms with E-state index in [-0.39, 0.29) is 5.92 Å². The van der Waals surface area contributed by atoms with Crippen molar-refractivity contribution in [3.05, 3.63) is 0 Å². The third-order valence-electron chi connectivity index (χ3n) is 4.23. The van der Waals surface area contributed by atoms with Crippen LogP contribution in [-0.2, 0) is 4.74 Å². The van der Waals surface area contributed by atoms with Gasteiger partial charge in [0, 0.05) is 0 Å². The van der Waals surface area contributed by atoms with Crippen LogP contribution in [0.4, 0.5) is 4.39 Å². The second-order valence-electron chi connectivity index (χ2n) is 5.92. The molecule has 0 aliphatic carbocycles. The molecule has 1 rings (SSSR count). The standard InChI is InChI=1S/C16H31FO/c1-3-5-7-9-11-15(12-10-8-6-4-2)16(17)13-18-14-16/h15H,3-14H2,1-2H3. The summed E-state index contributed by atoms with van der Waals surface area (Å²) in [6.45, 7) is 5.13. The van der Waals surface area contributed by atoms with Crippen molar-refractivity contribution < 1.29 is 9.13 Å². The lowest BCUT2D eigenvalue weighted by atomic mass is 9.80. The molecule has 0 unspecified atom stereocenters. The molecule has 0 aromatic heterocycles. The fourth-order valence-electron chi connectivity index (χ4n) is 2.83. The number of hydrogen-bond donors (Lipinski definition) is 0. The van der Waals surface area contributed by atoms with Crippen LogP contribution < -0.4 is 0 Å². The van der Waals surface area contributed by atoms with Crippen LogP contribution in [0.5, 0.6) is 0 Å². The Balaban J connectivity index is 2.23. The average molecular weight is 258 g/mol. The first-order valence-electron chi connectivity index (χ1n) is 7.99. The van der Waals surface area contributed by atoms with E-state index in [1.165, 1.54) is 51.4 Å². The Morgan fingerprint density at radius 3 is 1.72 bits per heavy atom. The normalized spacial score (nSPS) is 18.0. The predicted molar refractivity (Wildman–Crippen MR) is 75.7 cm³/mol. The molecular weight excluding hydrogens is 227 g/mol. The van der Waals surface area contributed by atoms with E-state index in [2.05, 4.69) is 13.8 Å². The van der Waals surface area contributed by atoms with Crippen LogP contribution >= 0.6 is 0 Å². The summed E-state index contributed by atoms with van der Waals surface area (Å²) >= 11 is 0. The fraction of sp³-hybridized carbons (Fsp3) is 1.00. The maximum Gasteiger partial charge on any atom is 0.160 e. The summed E-state index contributed by atoms with van der Waals surface area (Å²) in [5.74, 6) is 0.250. The summed E-state index contributed by atoms with van der Waals surface area (Å²) < 4.78 is 19.6.